The second-order valence-electron chi connectivity index (χ2n) is 8.40. The molecule has 2 N–H and O–H groups in total. The number of amides is 1. The van der Waals surface area contributed by atoms with E-state index in [0.717, 1.165) is 52.1 Å². The number of aromatic amines is 1. The number of aromatic nitrogens is 3. The Labute approximate surface area is 187 Å². The van der Waals surface area contributed by atoms with Gasteiger partial charge in [0.25, 0.3) is 0 Å². The number of benzene rings is 2. The van der Waals surface area contributed by atoms with Gasteiger partial charge >= 0.3 is 0 Å². The lowest BCUT2D eigenvalue weighted by atomic mass is 10.0. The number of hydrogen-bond donors (Lipinski definition) is 2. The van der Waals surface area contributed by atoms with Crippen molar-refractivity contribution in [2.45, 2.75) is 44.6 Å². The summed E-state index contributed by atoms with van der Waals surface area (Å²) >= 11 is 0. The van der Waals surface area contributed by atoms with Gasteiger partial charge in [0.15, 0.2) is 0 Å². The van der Waals surface area contributed by atoms with Gasteiger partial charge in [0.05, 0.1) is 19.3 Å². The average Bonchev–Trinajstić information content (AvgIpc) is 3.57. The molecule has 0 saturated heterocycles. The van der Waals surface area contributed by atoms with Gasteiger partial charge in [0, 0.05) is 29.1 Å². The number of nitrogens with one attached hydrogen (secondary N) is 2. The molecule has 2 heterocycles. The number of fused-ring (bicyclic) bond motifs is 1. The lowest BCUT2D eigenvalue weighted by Gasteiger charge is -2.14. The molecule has 1 aliphatic rings. The molecule has 2 aromatic heterocycles. The molecule has 2 aromatic carbocycles. The lowest BCUT2D eigenvalue weighted by molar-refractivity contribution is -0.116. The number of H-pyrrole nitrogens is 1. The quantitative estimate of drug-likeness (QED) is 0.395. The van der Waals surface area contributed by atoms with Gasteiger partial charge in [-0.15, -0.1) is 0 Å². The standard InChI is InChI=1S/C26H28N4O2/c1-32-20-12-10-18(11-13-20)26-22(21-8-4-5-9-23(21)28-26)14-15-25(31)29-24-16-17-27-30(24)19-6-2-3-7-19/h4-5,8-13,16-17,19,28H,2-3,6-7,14-15H2,1H3,(H,29,31). The highest BCUT2D eigenvalue weighted by atomic mass is 16.5. The van der Waals surface area contributed by atoms with E-state index in [1.54, 1.807) is 13.3 Å². The summed E-state index contributed by atoms with van der Waals surface area (Å²) in [6.45, 7) is 0. The van der Waals surface area contributed by atoms with Crippen LogP contribution in [0.3, 0.4) is 0 Å². The van der Waals surface area contributed by atoms with Crippen LogP contribution in [-0.4, -0.2) is 27.8 Å². The van der Waals surface area contributed by atoms with E-state index in [2.05, 4.69) is 27.5 Å². The molecule has 0 unspecified atom stereocenters. The molecule has 0 bridgehead atoms. The molecule has 0 spiro atoms. The van der Waals surface area contributed by atoms with Crippen molar-refractivity contribution >= 4 is 22.6 Å². The molecule has 5 rings (SSSR count). The van der Waals surface area contributed by atoms with Crippen molar-refractivity contribution in [1.29, 1.82) is 0 Å². The predicted molar refractivity (Wildman–Crippen MR) is 127 cm³/mol. The zero-order chi connectivity index (χ0) is 21.9. The summed E-state index contributed by atoms with van der Waals surface area (Å²) in [5.41, 5.74) is 4.37. The van der Waals surface area contributed by atoms with Crippen LogP contribution in [0.5, 0.6) is 5.75 Å². The Morgan fingerprint density at radius 1 is 1.12 bits per heavy atom. The number of ether oxygens (including phenoxy) is 1. The zero-order valence-corrected chi connectivity index (χ0v) is 18.3. The SMILES string of the molecule is COc1ccc(-c2[nH]c3ccccc3c2CCC(=O)Nc2ccnn2C2CCCC2)cc1. The lowest BCUT2D eigenvalue weighted by Crippen LogP contribution is -2.18. The van der Waals surface area contributed by atoms with Crippen molar-refractivity contribution in [3.05, 3.63) is 66.4 Å². The molecule has 1 aliphatic carbocycles. The molecule has 0 atom stereocenters. The molecular weight excluding hydrogens is 400 g/mol. The van der Waals surface area contributed by atoms with Gasteiger partial charge in [-0.05, 0) is 60.7 Å². The second-order valence-corrected chi connectivity index (χ2v) is 8.40. The smallest absolute Gasteiger partial charge is 0.225 e. The summed E-state index contributed by atoms with van der Waals surface area (Å²) in [7, 11) is 1.67. The van der Waals surface area contributed by atoms with Crippen LogP contribution in [0.1, 0.15) is 43.7 Å². The molecule has 1 saturated carbocycles. The Bertz CT molecular complexity index is 1220. The van der Waals surface area contributed by atoms with Crippen LogP contribution in [0, 0.1) is 0 Å². The molecule has 1 amide bonds. The van der Waals surface area contributed by atoms with Crippen LogP contribution in [0.4, 0.5) is 5.82 Å². The fraction of sp³-hybridized carbons (Fsp3) is 0.308. The summed E-state index contributed by atoms with van der Waals surface area (Å²) in [6, 6.07) is 18.6. The van der Waals surface area contributed by atoms with E-state index in [1.165, 1.54) is 12.8 Å². The first-order chi connectivity index (χ1) is 15.7. The minimum absolute atomic E-state index is 0.00992. The van der Waals surface area contributed by atoms with Crippen LogP contribution in [0.2, 0.25) is 0 Å². The predicted octanol–water partition coefficient (Wildman–Crippen LogP) is 5.73. The Hall–Kier alpha value is -3.54. The van der Waals surface area contributed by atoms with Gasteiger partial charge in [-0.2, -0.15) is 5.10 Å². The first-order valence-electron chi connectivity index (χ1n) is 11.3. The molecule has 32 heavy (non-hydrogen) atoms. The minimum atomic E-state index is 0.00992. The van der Waals surface area contributed by atoms with Gasteiger partial charge in [-0.1, -0.05) is 31.0 Å². The van der Waals surface area contributed by atoms with Gasteiger partial charge in [-0.3, -0.25) is 4.79 Å². The van der Waals surface area contributed by atoms with E-state index in [4.69, 9.17) is 4.74 Å². The number of para-hydroxylation sites is 1. The fourth-order valence-corrected chi connectivity index (χ4v) is 4.76. The third-order valence-corrected chi connectivity index (χ3v) is 6.40. The summed E-state index contributed by atoms with van der Waals surface area (Å²) in [5, 5.41) is 8.70. The van der Waals surface area contributed by atoms with Crippen molar-refractivity contribution in [1.82, 2.24) is 14.8 Å². The van der Waals surface area contributed by atoms with Crippen molar-refractivity contribution in [2.24, 2.45) is 0 Å². The van der Waals surface area contributed by atoms with E-state index in [9.17, 15) is 4.79 Å². The van der Waals surface area contributed by atoms with Crippen molar-refractivity contribution in [2.75, 3.05) is 12.4 Å². The van der Waals surface area contributed by atoms with Crippen molar-refractivity contribution < 1.29 is 9.53 Å². The van der Waals surface area contributed by atoms with Gasteiger partial charge in [-0.25, -0.2) is 4.68 Å². The number of hydrogen-bond acceptors (Lipinski definition) is 3. The maximum atomic E-state index is 12.9. The Kier molecular flexibility index (Phi) is 5.67. The van der Waals surface area contributed by atoms with Gasteiger partial charge < -0.3 is 15.0 Å². The number of aryl methyl sites for hydroxylation is 1. The Morgan fingerprint density at radius 2 is 1.91 bits per heavy atom. The van der Waals surface area contributed by atoms with Crippen LogP contribution in [0.25, 0.3) is 22.2 Å². The van der Waals surface area contributed by atoms with Crippen molar-refractivity contribution in [3.8, 4) is 17.0 Å². The topological polar surface area (TPSA) is 71.9 Å². The second kappa shape index (κ2) is 8.91. The third kappa shape index (κ3) is 4.00. The van der Waals surface area contributed by atoms with Crippen molar-refractivity contribution in [3.63, 3.8) is 0 Å². The van der Waals surface area contributed by atoms with Gasteiger partial charge in [0.1, 0.15) is 11.6 Å². The summed E-state index contributed by atoms with van der Waals surface area (Å²) in [4.78, 5) is 16.4. The molecule has 0 aliphatic heterocycles. The first kappa shape index (κ1) is 20.4. The van der Waals surface area contributed by atoms with Crippen LogP contribution in [-0.2, 0) is 11.2 Å². The first-order valence-corrected chi connectivity index (χ1v) is 11.3. The number of nitrogens with zero attached hydrogens (tertiary/aromatic N) is 2. The number of rotatable bonds is 7. The van der Waals surface area contributed by atoms with Gasteiger partial charge in [0.2, 0.25) is 5.91 Å². The number of carbonyl (C=O) groups excluding carboxylic acids is 1. The third-order valence-electron chi connectivity index (χ3n) is 6.40. The summed E-state index contributed by atoms with van der Waals surface area (Å²) in [5.74, 6) is 1.64. The Morgan fingerprint density at radius 3 is 2.69 bits per heavy atom. The molecule has 4 aromatic rings. The molecule has 6 nitrogen and oxygen atoms in total. The average molecular weight is 429 g/mol. The molecule has 1 fully saturated rings. The number of carbonyl (C=O) groups is 1. The van der Waals surface area contributed by atoms with E-state index < -0.39 is 0 Å². The highest BCUT2D eigenvalue weighted by Crippen LogP contribution is 2.33. The van der Waals surface area contributed by atoms with Crippen LogP contribution < -0.4 is 10.1 Å². The Balaban J connectivity index is 1.36. The van der Waals surface area contributed by atoms with E-state index in [-0.39, 0.29) is 5.91 Å². The fourth-order valence-electron chi connectivity index (χ4n) is 4.76. The normalized spacial score (nSPS) is 14.2. The van der Waals surface area contributed by atoms with Crippen LogP contribution >= 0.6 is 0 Å². The summed E-state index contributed by atoms with van der Waals surface area (Å²) < 4.78 is 7.28. The molecule has 0 radical (unpaired) electrons. The maximum Gasteiger partial charge on any atom is 0.225 e. The molecule has 6 heteroatoms. The molecular formula is C26H28N4O2. The highest BCUT2D eigenvalue weighted by molar-refractivity contribution is 5.93. The largest absolute Gasteiger partial charge is 0.497 e. The summed E-state index contributed by atoms with van der Waals surface area (Å²) in [6.07, 6.45) is 7.54. The van der Waals surface area contributed by atoms with E-state index in [1.807, 2.05) is 47.1 Å². The number of anilines is 1. The highest BCUT2D eigenvalue weighted by Gasteiger charge is 2.21. The van der Waals surface area contributed by atoms with Crippen LogP contribution in [0.15, 0.2) is 60.8 Å². The molecule has 164 valence electrons. The van der Waals surface area contributed by atoms with E-state index >= 15 is 0 Å². The van der Waals surface area contributed by atoms with E-state index in [0.29, 0.717) is 18.9 Å². The zero-order valence-electron chi connectivity index (χ0n) is 18.3. The number of methoxy groups -OCH3 is 1. The maximum absolute atomic E-state index is 12.9. The minimum Gasteiger partial charge on any atom is -0.497 e. The monoisotopic (exact) mass is 428 g/mol.